The molecule has 2 fully saturated rings. The van der Waals surface area contributed by atoms with E-state index in [9.17, 15) is 4.79 Å². The fourth-order valence-electron chi connectivity index (χ4n) is 4.41. The summed E-state index contributed by atoms with van der Waals surface area (Å²) in [4.78, 5) is 27.5. The summed E-state index contributed by atoms with van der Waals surface area (Å²) in [7, 11) is 0. The van der Waals surface area contributed by atoms with Gasteiger partial charge in [-0.05, 0) is 29.9 Å². The highest BCUT2D eigenvalue weighted by molar-refractivity contribution is 7.98. The number of nitrogens with zero attached hydrogens (tertiary/aromatic N) is 4. The molecular weight excluding hydrogens is 432 g/mol. The zero-order valence-electron chi connectivity index (χ0n) is 17.2. The van der Waals surface area contributed by atoms with Crippen LogP contribution in [0.1, 0.15) is 26.8 Å². The summed E-state index contributed by atoms with van der Waals surface area (Å²) in [5.74, 6) is 2.27. The standard InChI is InChI=1S/C22H24N4O3S2/c27-22(29-15-11-28-12-15)26-6-4-25(5-7-26)19-1-3-23-18-10-14(9-16(18)19)21-24-17-2-8-30-13-20(17)31-21/h1,3,9,15H,2,4-8,10-13H2. The molecule has 0 radical (unpaired) electrons. The summed E-state index contributed by atoms with van der Waals surface area (Å²) in [6.45, 7) is 3.94. The Labute approximate surface area is 189 Å². The zero-order valence-corrected chi connectivity index (χ0v) is 18.8. The molecular formula is C22H24N4O3S2. The number of pyridine rings is 1. The molecule has 2 aromatic heterocycles. The molecule has 2 saturated heterocycles. The van der Waals surface area contributed by atoms with Crippen molar-refractivity contribution < 1.29 is 14.3 Å². The first kappa shape index (κ1) is 19.6. The van der Waals surface area contributed by atoms with Crippen LogP contribution in [0.4, 0.5) is 10.5 Å². The van der Waals surface area contributed by atoms with Crippen LogP contribution in [-0.2, 0) is 28.1 Å². The molecule has 0 saturated carbocycles. The molecule has 7 nitrogen and oxygen atoms in total. The first-order valence-corrected chi connectivity index (χ1v) is 12.7. The van der Waals surface area contributed by atoms with E-state index in [4.69, 9.17) is 14.5 Å². The predicted octanol–water partition coefficient (Wildman–Crippen LogP) is 3.08. The van der Waals surface area contributed by atoms with Crippen LogP contribution in [0.5, 0.6) is 0 Å². The number of carbonyl (C=O) groups is 1. The maximum absolute atomic E-state index is 12.3. The molecule has 2 aromatic rings. The van der Waals surface area contributed by atoms with Gasteiger partial charge in [0.1, 0.15) is 5.01 Å². The average molecular weight is 457 g/mol. The van der Waals surface area contributed by atoms with E-state index in [1.165, 1.54) is 33.1 Å². The van der Waals surface area contributed by atoms with Crippen LogP contribution < -0.4 is 4.90 Å². The van der Waals surface area contributed by atoms with Gasteiger partial charge in [-0.3, -0.25) is 4.98 Å². The number of hydrogen-bond donors (Lipinski definition) is 0. The Bertz CT molecular complexity index is 1020. The summed E-state index contributed by atoms with van der Waals surface area (Å²) in [6, 6.07) is 2.10. The number of piperazine rings is 1. The summed E-state index contributed by atoms with van der Waals surface area (Å²) in [5.41, 5.74) is 6.12. The lowest BCUT2D eigenvalue weighted by atomic mass is 10.1. The van der Waals surface area contributed by atoms with Gasteiger partial charge < -0.3 is 19.3 Å². The first-order valence-electron chi connectivity index (χ1n) is 10.8. The second-order valence-electron chi connectivity index (χ2n) is 8.25. The molecule has 6 rings (SSSR count). The Balaban J connectivity index is 1.17. The highest BCUT2D eigenvalue weighted by Crippen LogP contribution is 2.39. The minimum Gasteiger partial charge on any atom is -0.441 e. The van der Waals surface area contributed by atoms with Crippen LogP contribution in [0.25, 0.3) is 11.6 Å². The second-order valence-corrected chi connectivity index (χ2v) is 10.4. The van der Waals surface area contributed by atoms with Crippen LogP contribution in [0.3, 0.4) is 0 Å². The van der Waals surface area contributed by atoms with Crippen molar-refractivity contribution in [1.82, 2.24) is 14.9 Å². The fourth-order valence-corrected chi connectivity index (χ4v) is 6.65. The number of aromatic nitrogens is 2. The Morgan fingerprint density at radius 1 is 1.19 bits per heavy atom. The highest BCUT2D eigenvalue weighted by atomic mass is 32.2. The predicted molar refractivity (Wildman–Crippen MR) is 123 cm³/mol. The molecule has 0 aromatic carbocycles. The topological polar surface area (TPSA) is 67.8 Å². The van der Waals surface area contributed by atoms with Crippen LogP contribution in [0.15, 0.2) is 12.3 Å². The van der Waals surface area contributed by atoms with Gasteiger partial charge in [0.15, 0.2) is 6.10 Å². The van der Waals surface area contributed by atoms with E-state index >= 15 is 0 Å². The Hall–Kier alpha value is -2.10. The quantitative estimate of drug-likeness (QED) is 0.703. The molecule has 162 valence electrons. The largest absolute Gasteiger partial charge is 0.441 e. The fraction of sp³-hybridized carbons (Fsp3) is 0.500. The lowest BCUT2D eigenvalue weighted by Gasteiger charge is -2.37. The van der Waals surface area contributed by atoms with E-state index in [0.717, 1.165) is 42.4 Å². The van der Waals surface area contributed by atoms with Crippen molar-refractivity contribution in [1.29, 1.82) is 0 Å². The van der Waals surface area contributed by atoms with E-state index in [1.807, 2.05) is 29.3 Å². The van der Waals surface area contributed by atoms with Gasteiger partial charge in [0, 0.05) is 60.7 Å². The van der Waals surface area contributed by atoms with Gasteiger partial charge >= 0.3 is 6.09 Å². The van der Waals surface area contributed by atoms with Crippen molar-refractivity contribution in [3.63, 3.8) is 0 Å². The second kappa shape index (κ2) is 8.11. The van der Waals surface area contributed by atoms with E-state index in [-0.39, 0.29) is 12.2 Å². The van der Waals surface area contributed by atoms with Crippen LogP contribution >= 0.6 is 23.1 Å². The molecule has 31 heavy (non-hydrogen) atoms. The molecule has 0 N–H and O–H groups in total. The van der Waals surface area contributed by atoms with E-state index in [1.54, 1.807) is 4.90 Å². The molecule has 1 amide bonds. The molecule has 5 heterocycles. The Morgan fingerprint density at radius 2 is 2.06 bits per heavy atom. The molecule has 9 heteroatoms. The third-order valence-corrected chi connectivity index (χ3v) is 8.59. The van der Waals surface area contributed by atoms with E-state index in [0.29, 0.717) is 26.3 Å². The van der Waals surface area contributed by atoms with Crippen molar-refractivity contribution in [2.75, 3.05) is 50.0 Å². The number of thioether (sulfide) groups is 1. The molecule has 3 aliphatic heterocycles. The smallest absolute Gasteiger partial charge is 0.410 e. The summed E-state index contributed by atoms with van der Waals surface area (Å²) >= 11 is 3.85. The normalized spacial score (nSPS) is 20.7. The lowest BCUT2D eigenvalue weighted by molar-refractivity contribution is -0.104. The number of thiazole rings is 1. The van der Waals surface area contributed by atoms with Crippen molar-refractivity contribution in [2.45, 2.75) is 24.7 Å². The van der Waals surface area contributed by atoms with Gasteiger partial charge in [-0.2, -0.15) is 11.8 Å². The average Bonchev–Trinajstić information content (AvgIpc) is 3.40. The third kappa shape index (κ3) is 3.72. The summed E-state index contributed by atoms with van der Waals surface area (Å²) < 4.78 is 10.5. The highest BCUT2D eigenvalue weighted by Gasteiger charge is 2.30. The number of aryl methyl sites for hydroxylation is 1. The van der Waals surface area contributed by atoms with Crippen LogP contribution in [0, 0.1) is 0 Å². The number of allylic oxidation sites excluding steroid dienone is 1. The number of ether oxygens (including phenoxy) is 2. The van der Waals surface area contributed by atoms with Crippen molar-refractivity contribution in [3.05, 3.63) is 39.1 Å². The van der Waals surface area contributed by atoms with E-state index in [2.05, 4.69) is 22.0 Å². The molecule has 0 bridgehead atoms. The number of anilines is 1. The van der Waals surface area contributed by atoms with Gasteiger partial charge in [0.05, 0.1) is 24.6 Å². The van der Waals surface area contributed by atoms with Crippen molar-refractivity contribution in [3.8, 4) is 0 Å². The number of amides is 1. The van der Waals surface area contributed by atoms with Gasteiger partial charge in [-0.25, -0.2) is 9.78 Å². The van der Waals surface area contributed by atoms with Crippen LogP contribution in [0.2, 0.25) is 0 Å². The summed E-state index contributed by atoms with van der Waals surface area (Å²) in [6.07, 6.45) is 5.82. The first-order chi connectivity index (χ1) is 15.2. The number of carbonyl (C=O) groups excluding carboxylic acids is 1. The maximum atomic E-state index is 12.3. The monoisotopic (exact) mass is 456 g/mol. The molecule has 4 aliphatic rings. The molecule has 0 atom stereocenters. The van der Waals surface area contributed by atoms with Crippen LogP contribution in [-0.4, -0.2) is 72.2 Å². The zero-order chi connectivity index (χ0) is 20.8. The molecule has 0 spiro atoms. The lowest BCUT2D eigenvalue weighted by Crippen LogP contribution is -2.51. The SMILES string of the molecule is O=C(OC1COC1)N1CCN(c2ccnc3c2C=C(c2nc4c(s2)CSCC4)C3)CC1. The van der Waals surface area contributed by atoms with Gasteiger partial charge in [0.25, 0.3) is 0 Å². The Kier molecular flexibility index (Phi) is 5.12. The Morgan fingerprint density at radius 3 is 2.84 bits per heavy atom. The minimum atomic E-state index is -0.221. The number of hydrogen-bond acceptors (Lipinski definition) is 8. The minimum absolute atomic E-state index is 0.0762. The summed E-state index contributed by atoms with van der Waals surface area (Å²) in [5, 5.41) is 1.16. The molecule has 1 aliphatic carbocycles. The van der Waals surface area contributed by atoms with Gasteiger partial charge in [-0.15, -0.1) is 11.3 Å². The van der Waals surface area contributed by atoms with Gasteiger partial charge in [-0.1, -0.05) is 0 Å². The van der Waals surface area contributed by atoms with Gasteiger partial charge in [0.2, 0.25) is 0 Å². The third-order valence-electron chi connectivity index (χ3n) is 6.25. The van der Waals surface area contributed by atoms with E-state index < -0.39 is 0 Å². The maximum Gasteiger partial charge on any atom is 0.410 e. The number of fused-ring (bicyclic) bond motifs is 2. The number of rotatable bonds is 3. The van der Waals surface area contributed by atoms with Crippen molar-refractivity contribution >= 4 is 46.5 Å². The van der Waals surface area contributed by atoms with Crippen molar-refractivity contribution in [2.24, 2.45) is 0 Å². The molecule has 0 unspecified atom stereocenters.